The van der Waals surface area contributed by atoms with Gasteiger partial charge < -0.3 is 0 Å². The van der Waals surface area contributed by atoms with Gasteiger partial charge in [-0.1, -0.05) is 13.8 Å². The van der Waals surface area contributed by atoms with Gasteiger partial charge in [0, 0.05) is 0 Å². The van der Waals surface area contributed by atoms with Crippen LogP contribution < -0.4 is 5.79 Å². The van der Waals surface area contributed by atoms with Crippen LogP contribution in [0.15, 0.2) is 24.3 Å². The molecule has 0 nitrogen and oxygen atoms in total. The quantitative estimate of drug-likeness (QED) is 0.0865. The Hall–Kier alpha value is 0.717. The van der Waals surface area contributed by atoms with E-state index in [1.807, 2.05) is 22.7 Å². The summed E-state index contributed by atoms with van der Waals surface area (Å²) in [6.07, 6.45) is 12.3. The van der Waals surface area contributed by atoms with Gasteiger partial charge in [0.05, 0.1) is 0 Å². The fourth-order valence-corrected chi connectivity index (χ4v) is 22.6. The second-order valence-electron chi connectivity index (χ2n) is 16.0. The molecule has 5 aromatic rings. The summed E-state index contributed by atoms with van der Waals surface area (Å²) in [7, 11) is 0. The van der Waals surface area contributed by atoms with Crippen LogP contribution in [0.1, 0.15) is 90.2 Å². The van der Waals surface area contributed by atoms with E-state index in [0.29, 0.717) is 11.8 Å². The molecule has 0 aliphatic carbocycles. The second-order valence-corrected chi connectivity index (χ2v) is 52.3. The molecule has 0 radical (unpaired) electrons. The van der Waals surface area contributed by atoms with Gasteiger partial charge in [0.1, 0.15) is 0 Å². The van der Waals surface area contributed by atoms with Gasteiger partial charge in [-0.05, 0) is 0 Å². The Kier molecular flexibility index (Phi) is 14.0. The zero-order valence-corrected chi connectivity index (χ0v) is 41.4. The summed E-state index contributed by atoms with van der Waals surface area (Å²) in [5.74, 6) is 1.40. The number of halogens is 2. The van der Waals surface area contributed by atoms with Crippen molar-refractivity contribution in [2.75, 3.05) is 0 Å². The van der Waals surface area contributed by atoms with Gasteiger partial charge in [0.2, 0.25) is 0 Å². The maximum absolute atomic E-state index is 7.15. The molecule has 4 aromatic heterocycles. The Morgan fingerprint density at radius 1 is 0.562 bits per heavy atom. The maximum atomic E-state index is 7.15. The summed E-state index contributed by atoms with van der Waals surface area (Å²) < 4.78 is 8.22. The molecule has 48 heavy (non-hydrogen) atoms. The van der Waals surface area contributed by atoms with E-state index in [1.54, 1.807) is 5.79 Å². The fraction of sp³-hybridized carbons (Fsp3) is 0.550. The van der Waals surface area contributed by atoms with E-state index in [-0.39, 0.29) is 0 Å². The molecule has 0 bridgehead atoms. The van der Waals surface area contributed by atoms with Gasteiger partial charge in [-0.15, -0.1) is 0 Å². The minimum absolute atomic E-state index is 0.699. The van der Waals surface area contributed by atoms with E-state index in [1.165, 1.54) is 104 Å². The molecule has 1 aromatic carbocycles. The van der Waals surface area contributed by atoms with Crippen LogP contribution in [0.3, 0.4) is 0 Å². The van der Waals surface area contributed by atoms with Gasteiger partial charge in [0.25, 0.3) is 0 Å². The molecule has 0 fully saturated rings. The van der Waals surface area contributed by atoms with Crippen LogP contribution in [0.25, 0.3) is 41.1 Å². The first-order valence-electron chi connectivity index (χ1n) is 18.3. The Bertz CT molecular complexity index is 1660. The van der Waals surface area contributed by atoms with E-state index in [9.17, 15) is 0 Å². The third-order valence-corrected chi connectivity index (χ3v) is 34.1. The van der Waals surface area contributed by atoms with Gasteiger partial charge >= 0.3 is 316 Å². The molecule has 262 valence electrons. The van der Waals surface area contributed by atoms with Crippen molar-refractivity contribution < 1.29 is 0 Å². The van der Waals surface area contributed by atoms with Crippen molar-refractivity contribution in [3.63, 3.8) is 0 Å². The minimum atomic E-state index is -2.40. The molecule has 5 rings (SSSR count). The van der Waals surface area contributed by atoms with Crippen LogP contribution in [-0.2, 0) is 12.8 Å². The molecule has 0 saturated carbocycles. The summed E-state index contributed by atoms with van der Waals surface area (Å²) >= 11 is 17.3. The first-order chi connectivity index (χ1) is 22.7. The fourth-order valence-electron chi connectivity index (χ4n) is 6.84. The van der Waals surface area contributed by atoms with Crippen molar-refractivity contribution in [2.24, 2.45) is 11.8 Å². The molecular weight excluding hydrogens is 917 g/mol. The van der Waals surface area contributed by atoms with Crippen molar-refractivity contribution in [3.8, 4) is 20.9 Å². The summed E-state index contributed by atoms with van der Waals surface area (Å²) in [6.45, 7) is 9.30. The normalized spacial score (nSPS) is 14.1. The average Bonchev–Trinajstić information content (AvgIpc) is 3.81. The van der Waals surface area contributed by atoms with Gasteiger partial charge in [0.15, 0.2) is 0 Å². The Labute approximate surface area is 325 Å². The van der Waals surface area contributed by atoms with Gasteiger partial charge in [-0.2, -0.15) is 0 Å². The zero-order valence-electron chi connectivity index (χ0n) is 30.9. The molecule has 4 heterocycles. The first-order valence-corrected chi connectivity index (χ1v) is 42.3. The summed E-state index contributed by atoms with van der Waals surface area (Å²) in [4.78, 5) is 18.1. The number of hydrogen-bond donors (Lipinski definition) is 0. The van der Waals surface area contributed by atoms with Crippen molar-refractivity contribution in [2.45, 2.75) is 122 Å². The molecule has 0 saturated heterocycles. The Balaban J connectivity index is 1.76. The van der Waals surface area contributed by atoms with Crippen molar-refractivity contribution in [1.29, 1.82) is 0 Å². The Morgan fingerprint density at radius 2 is 0.938 bits per heavy atom. The van der Waals surface area contributed by atoms with Crippen LogP contribution in [0, 0.1) is 11.8 Å². The average molecular weight is 973 g/mol. The Morgan fingerprint density at radius 3 is 1.25 bits per heavy atom. The van der Waals surface area contributed by atoms with Crippen molar-refractivity contribution in [3.05, 3.63) is 44.1 Å². The van der Waals surface area contributed by atoms with Crippen molar-refractivity contribution in [1.82, 2.24) is 0 Å². The molecule has 2 unspecified atom stereocenters. The number of unbranched alkanes of at least 4 members (excludes halogenated alkanes) is 2. The number of benzene rings is 1. The monoisotopic (exact) mass is 974 g/mol. The third kappa shape index (κ3) is 8.90. The standard InChI is InChI=1S/C34H38Cl2S4.6CH3.2Sn/c1-5-9-11-21(7-3)17-23-19-27(39-33(23)35)29-25-13-15-38-32(25)30(26-14-16-37-31(26)29)28-20-24(34(36)40-28)18-22(8-4)12-10-6-2;;;;;;;;/h13-14,19-22H,5-12,17-18H2,1-4H3;6*1H3;;. The van der Waals surface area contributed by atoms with Gasteiger partial charge in [-0.3, -0.25) is 0 Å². The van der Waals surface area contributed by atoms with E-state index in [2.05, 4.69) is 104 Å². The number of fused-ring (bicyclic) bond motifs is 2. The molecular formula is C40H56Cl2S4Sn2. The van der Waals surface area contributed by atoms with E-state index in [4.69, 9.17) is 23.2 Å². The third-order valence-electron chi connectivity index (χ3n) is 10.0. The SMILES string of the molecule is CCCCC(CC)Cc1cc(-c2c3c[c]([Sn]([CH3])([CH3])[CH3])sc3c(-c3cc(CC(CC)CCCC)c(Cl)s3)c3c[c]([Sn]([CH3])([CH3])[CH3])sc23)sc1Cl. The topological polar surface area (TPSA) is 0 Å². The molecule has 0 spiro atoms. The zero-order chi connectivity index (χ0) is 35.0. The predicted molar refractivity (Wildman–Crippen MR) is 234 cm³/mol. The number of hydrogen-bond acceptors (Lipinski definition) is 4. The number of thiophene rings is 4. The summed E-state index contributed by atoms with van der Waals surface area (Å²) in [5, 5.41) is 2.90. The van der Waals surface area contributed by atoms with Crippen molar-refractivity contribution >= 4 is 131 Å². The van der Waals surface area contributed by atoms with E-state index >= 15 is 0 Å². The second kappa shape index (κ2) is 16.8. The van der Waals surface area contributed by atoms with E-state index in [0.717, 1.165) is 21.5 Å². The molecule has 0 amide bonds. The van der Waals surface area contributed by atoms with Crippen LogP contribution >= 0.6 is 68.5 Å². The van der Waals surface area contributed by atoms with Crippen LogP contribution in [0.5, 0.6) is 0 Å². The molecule has 0 aliphatic heterocycles. The molecule has 0 N–H and O–H groups in total. The predicted octanol–water partition coefficient (Wildman–Crippen LogP) is 15.5. The number of rotatable bonds is 16. The summed E-state index contributed by atoms with van der Waals surface area (Å²) in [5.41, 5.74) is 5.60. The van der Waals surface area contributed by atoms with Gasteiger partial charge in [-0.25, -0.2) is 0 Å². The van der Waals surface area contributed by atoms with Crippen LogP contribution in [0.4, 0.5) is 0 Å². The molecule has 0 aliphatic rings. The summed E-state index contributed by atoms with van der Waals surface area (Å²) in [6, 6.07) is 10.2. The molecule has 2 atom stereocenters. The van der Waals surface area contributed by atoms with Crippen LogP contribution in [0.2, 0.25) is 38.3 Å². The molecule has 8 heteroatoms. The first kappa shape index (κ1) is 39.9. The van der Waals surface area contributed by atoms with Crippen LogP contribution in [-0.4, -0.2) is 36.8 Å². The van der Waals surface area contributed by atoms with E-state index < -0.39 is 36.8 Å².